The first-order valence-electron chi connectivity index (χ1n) is 10.1. The second-order valence-corrected chi connectivity index (χ2v) is 10.2. The van der Waals surface area contributed by atoms with E-state index in [1.165, 1.54) is 17.4 Å². The molecule has 1 aromatic carbocycles. The highest BCUT2D eigenvalue weighted by Crippen LogP contribution is 2.37. The van der Waals surface area contributed by atoms with Gasteiger partial charge in [-0.3, -0.25) is 0 Å². The lowest BCUT2D eigenvalue weighted by Gasteiger charge is -2.29. The molecule has 1 unspecified atom stereocenters. The average Bonchev–Trinajstić information content (AvgIpc) is 2.90. The molecular weight excluding hydrogens is 394 g/mol. The van der Waals surface area contributed by atoms with E-state index >= 15 is 0 Å². The standard InChI is InChI=1S/C22H30F2N2O2S/c1-15-19(13-28-16-6-7-17(23)18(24)12-16)29-20(25-15)22(27)8-5-10-26(11-9-22)14-21(2,3)4/h6-7,12,27H,5,8-11,13-14H2,1-4H3. The Morgan fingerprint density at radius 3 is 2.66 bits per heavy atom. The summed E-state index contributed by atoms with van der Waals surface area (Å²) in [7, 11) is 0. The van der Waals surface area contributed by atoms with Gasteiger partial charge in [-0.1, -0.05) is 20.8 Å². The van der Waals surface area contributed by atoms with Gasteiger partial charge in [0.15, 0.2) is 11.6 Å². The summed E-state index contributed by atoms with van der Waals surface area (Å²) < 4.78 is 32.0. The Bertz CT molecular complexity index is 850. The van der Waals surface area contributed by atoms with Crippen LogP contribution in [-0.2, 0) is 12.2 Å². The molecule has 0 amide bonds. The van der Waals surface area contributed by atoms with Crippen LogP contribution in [0.4, 0.5) is 8.78 Å². The minimum atomic E-state index is -0.934. The number of aryl methyl sites for hydroxylation is 1. The molecule has 3 rings (SSSR count). The number of hydrogen-bond donors (Lipinski definition) is 1. The van der Waals surface area contributed by atoms with Crippen molar-refractivity contribution in [3.8, 4) is 5.75 Å². The normalized spacial score (nSPS) is 21.2. The molecule has 0 aliphatic carbocycles. The molecule has 0 bridgehead atoms. The molecule has 1 N–H and O–H groups in total. The largest absolute Gasteiger partial charge is 0.488 e. The van der Waals surface area contributed by atoms with Crippen LogP contribution in [0.15, 0.2) is 18.2 Å². The summed E-state index contributed by atoms with van der Waals surface area (Å²) in [6.07, 6.45) is 2.26. The summed E-state index contributed by atoms with van der Waals surface area (Å²) in [6.45, 7) is 11.6. The van der Waals surface area contributed by atoms with Crippen molar-refractivity contribution in [3.63, 3.8) is 0 Å². The van der Waals surface area contributed by atoms with Gasteiger partial charge in [-0.2, -0.15) is 0 Å². The van der Waals surface area contributed by atoms with Crippen LogP contribution >= 0.6 is 11.3 Å². The predicted molar refractivity (Wildman–Crippen MR) is 111 cm³/mol. The Labute approximate surface area is 175 Å². The average molecular weight is 425 g/mol. The predicted octanol–water partition coefficient (Wildman–Crippen LogP) is 5.03. The zero-order valence-corrected chi connectivity index (χ0v) is 18.4. The summed E-state index contributed by atoms with van der Waals surface area (Å²) in [4.78, 5) is 7.93. The summed E-state index contributed by atoms with van der Waals surface area (Å²) in [5.74, 6) is -1.56. The molecule has 0 saturated carbocycles. The summed E-state index contributed by atoms with van der Waals surface area (Å²) in [5, 5.41) is 12.0. The Hall–Kier alpha value is -1.57. The first-order valence-corrected chi connectivity index (χ1v) is 10.9. The SMILES string of the molecule is Cc1nc(C2(O)CCCN(CC(C)(C)C)CC2)sc1COc1ccc(F)c(F)c1. The van der Waals surface area contributed by atoms with Gasteiger partial charge in [0.1, 0.15) is 23.0 Å². The minimum absolute atomic E-state index is 0.209. The van der Waals surface area contributed by atoms with Crippen molar-refractivity contribution >= 4 is 11.3 Å². The molecule has 1 aromatic heterocycles. The monoisotopic (exact) mass is 424 g/mol. The highest BCUT2D eigenvalue weighted by Gasteiger charge is 2.36. The summed E-state index contributed by atoms with van der Waals surface area (Å²) >= 11 is 1.44. The molecule has 1 atom stereocenters. The van der Waals surface area contributed by atoms with Crippen molar-refractivity contribution in [2.45, 2.75) is 59.2 Å². The molecule has 2 aromatic rings. The number of aliphatic hydroxyl groups is 1. The van der Waals surface area contributed by atoms with Crippen molar-refractivity contribution in [1.29, 1.82) is 0 Å². The number of benzene rings is 1. The molecule has 1 aliphatic heterocycles. The number of aromatic nitrogens is 1. The summed E-state index contributed by atoms with van der Waals surface area (Å²) in [6, 6.07) is 3.49. The van der Waals surface area contributed by atoms with Crippen molar-refractivity contribution in [2.75, 3.05) is 19.6 Å². The Kier molecular flexibility index (Phi) is 6.61. The Balaban J connectivity index is 1.67. The van der Waals surface area contributed by atoms with Crippen LogP contribution in [0.2, 0.25) is 0 Å². The van der Waals surface area contributed by atoms with Gasteiger partial charge in [0.05, 0.1) is 10.6 Å². The smallest absolute Gasteiger partial charge is 0.162 e. The van der Waals surface area contributed by atoms with E-state index in [4.69, 9.17) is 4.74 Å². The Morgan fingerprint density at radius 1 is 1.21 bits per heavy atom. The molecule has 4 nitrogen and oxygen atoms in total. The second-order valence-electron chi connectivity index (χ2n) is 9.11. The van der Waals surface area contributed by atoms with Crippen molar-refractivity contribution in [2.24, 2.45) is 5.41 Å². The maximum Gasteiger partial charge on any atom is 0.162 e. The summed E-state index contributed by atoms with van der Waals surface area (Å²) in [5.41, 5.74) is 0.101. The van der Waals surface area contributed by atoms with Gasteiger partial charge in [-0.15, -0.1) is 11.3 Å². The fourth-order valence-electron chi connectivity index (χ4n) is 3.69. The molecule has 7 heteroatoms. The molecule has 0 spiro atoms. The molecule has 29 heavy (non-hydrogen) atoms. The molecule has 0 radical (unpaired) electrons. The Morgan fingerprint density at radius 2 is 1.97 bits per heavy atom. The van der Waals surface area contributed by atoms with Gasteiger partial charge in [0.2, 0.25) is 0 Å². The molecule has 1 aliphatic rings. The van der Waals surface area contributed by atoms with Gasteiger partial charge in [0, 0.05) is 19.2 Å². The van der Waals surface area contributed by atoms with E-state index in [0.717, 1.165) is 53.8 Å². The lowest BCUT2D eigenvalue weighted by molar-refractivity contribution is 0.0200. The van der Waals surface area contributed by atoms with Crippen LogP contribution in [-0.4, -0.2) is 34.6 Å². The first kappa shape index (κ1) is 22.1. The molecular formula is C22H30F2N2O2S. The van der Waals surface area contributed by atoms with E-state index in [1.54, 1.807) is 0 Å². The third-order valence-electron chi connectivity index (χ3n) is 5.16. The lowest BCUT2D eigenvalue weighted by Crippen LogP contribution is -2.34. The zero-order chi connectivity index (χ0) is 21.2. The van der Waals surface area contributed by atoms with Gasteiger partial charge >= 0.3 is 0 Å². The number of nitrogens with zero attached hydrogens (tertiary/aromatic N) is 2. The fourth-order valence-corrected chi connectivity index (χ4v) is 4.82. The van der Waals surface area contributed by atoms with E-state index in [9.17, 15) is 13.9 Å². The van der Waals surface area contributed by atoms with Gasteiger partial charge < -0.3 is 14.7 Å². The molecule has 1 saturated heterocycles. The van der Waals surface area contributed by atoms with E-state index in [0.29, 0.717) is 12.8 Å². The van der Waals surface area contributed by atoms with Gasteiger partial charge in [0.25, 0.3) is 0 Å². The van der Waals surface area contributed by atoms with Crippen LogP contribution in [0.25, 0.3) is 0 Å². The number of halogens is 2. The van der Waals surface area contributed by atoms with Crippen LogP contribution in [0, 0.1) is 24.0 Å². The topological polar surface area (TPSA) is 45.6 Å². The van der Waals surface area contributed by atoms with E-state index in [-0.39, 0.29) is 17.8 Å². The second kappa shape index (κ2) is 8.66. The lowest BCUT2D eigenvalue weighted by atomic mass is 9.95. The highest BCUT2D eigenvalue weighted by atomic mass is 32.1. The quantitative estimate of drug-likeness (QED) is 0.731. The van der Waals surface area contributed by atoms with Crippen LogP contribution < -0.4 is 4.74 Å². The number of likely N-dealkylation sites (tertiary alicyclic amines) is 1. The number of thiazole rings is 1. The highest BCUT2D eigenvalue weighted by molar-refractivity contribution is 7.11. The van der Waals surface area contributed by atoms with Gasteiger partial charge in [-0.25, -0.2) is 13.8 Å². The van der Waals surface area contributed by atoms with E-state index < -0.39 is 17.2 Å². The maximum atomic E-state index is 13.4. The van der Waals surface area contributed by atoms with Gasteiger partial charge in [-0.05, 0) is 50.3 Å². The van der Waals surface area contributed by atoms with Crippen LogP contribution in [0.5, 0.6) is 5.75 Å². The van der Waals surface area contributed by atoms with Crippen LogP contribution in [0.3, 0.4) is 0 Å². The van der Waals surface area contributed by atoms with Crippen molar-refractivity contribution < 1.29 is 18.6 Å². The number of rotatable bonds is 5. The fraction of sp³-hybridized carbons (Fsp3) is 0.591. The van der Waals surface area contributed by atoms with Crippen molar-refractivity contribution in [1.82, 2.24) is 9.88 Å². The first-order chi connectivity index (χ1) is 13.6. The molecule has 1 fully saturated rings. The number of ether oxygens (including phenoxy) is 1. The maximum absolute atomic E-state index is 13.4. The van der Waals surface area contributed by atoms with E-state index in [2.05, 4.69) is 30.7 Å². The zero-order valence-electron chi connectivity index (χ0n) is 17.6. The number of hydrogen-bond acceptors (Lipinski definition) is 5. The molecule has 160 valence electrons. The van der Waals surface area contributed by atoms with Crippen LogP contribution in [0.1, 0.15) is 55.6 Å². The third kappa shape index (κ3) is 5.74. The van der Waals surface area contributed by atoms with E-state index in [1.807, 2.05) is 6.92 Å². The van der Waals surface area contributed by atoms with Crippen molar-refractivity contribution in [3.05, 3.63) is 45.4 Å². The molecule has 2 heterocycles. The minimum Gasteiger partial charge on any atom is -0.488 e. The third-order valence-corrected chi connectivity index (χ3v) is 6.48.